The number of benzene rings is 4. The molecule has 0 saturated heterocycles. The van der Waals surface area contributed by atoms with Crippen LogP contribution in [0, 0.1) is 0 Å². The van der Waals surface area contributed by atoms with Gasteiger partial charge < -0.3 is 4.98 Å². The summed E-state index contributed by atoms with van der Waals surface area (Å²) in [4.78, 5) is 21.4. The Labute approximate surface area is 181 Å². The molecule has 0 saturated carbocycles. The summed E-state index contributed by atoms with van der Waals surface area (Å²) in [5.74, 6) is 0.803. The van der Waals surface area contributed by atoms with E-state index in [1.54, 1.807) is 0 Å². The molecule has 0 aliphatic carbocycles. The van der Waals surface area contributed by atoms with Crippen molar-refractivity contribution in [2.24, 2.45) is 0 Å². The molecule has 5 rings (SSSR count). The van der Waals surface area contributed by atoms with E-state index in [1.807, 2.05) is 103 Å². The fraction of sp³-hybridized carbons (Fsp3) is 0. The van der Waals surface area contributed by atoms with E-state index < -0.39 is 0 Å². The van der Waals surface area contributed by atoms with E-state index in [-0.39, 0.29) is 5.78 Å². The van der Waals surface area contributed by atoms with Gasteiger partial charge in [-0.3, -0.25) is 4.79 Å². The monoisotopic (exact) mass is 400 g/mol. The van der Waals surface area contributed by atoms with Crippen LogP contribution in [0.25, 0.3) is 33.9 Å². The Morgan fingerprint density at radius 3 is 1.81 bits per heavy atom. The lowest BCUT2D eigenvalue weighted by Gasteiger charge is -2.06. The first kappa shape index (κ1) is 18.8. The fourth-order valence-corrected chi connectivity index (χ4v) is 3.69. The van der Waals surface area contributed by atoms with Crippen molar-refractivity contribution in [2.45, 2.75) is 0 Å². The third kappa shape index (κ3) is 3.81. The first-order chi connectivity index (χ1) is 15.3. The first-order valence-corrected chi connectivity index (χ1v) is 10.2. The second kappa shape index (κ2) is 8.25. The van der Waals surface area contributed by atoms with E-state index in [4.69, 9.17) is 4.98 Å². The number of hydrogen-bond acceptors (Lipinski definition) is 2. The maximum absolute atomic E-state index is 13.0. The van der Waals surface area contributed by atoms with Gasteiger partial charge in [0.05, 0.1) is 11.4 Å². The average molecular weight is 400 g/mol. The van der Waals surface area contributed by atoms with Gasteiger partial charge in [-0.2, -0.15) is 0 Å². The summed E-state index contributed by atoms with van der Waals surface area (Å²) in [7, 11) is 0. The van der Waals surface area contributed by atoms with Crippen LogP contribution < -0.4 is 0 Å². The Morgan fingerprint density at radius 1 is 0.581 bits per heavy atom. The minimum Gasteiger partial charge on any atom is -0.337 e. The van der Waals surface area contributed by atoms with Crippen LogP contribution in [0.1, 0.15) is 15.9 Å². The zero-order chi connectivity index (χ0) is 21.0. The fourth-order valence-electron chi connectivity index (χ4n) is 3.69. The van der Waals surface area contributed by atoms with Crippen LogP contribution in [0.3, 0.4) is 0 Å². The zero-order valence-corrected chi connectivity index (χ0v) is 16.8. The molecular weight excluding hydrogens is 380 g/mol. The minimum atomic E-state index is 0.00234. The highest BCUT2D eigenvalue weighted by atomic mass is 16.1. The van der Waals surface area contributed by atoms with Crippen molar-refractivity contribution in [1.29, 1.82) is 0 Å². The predicted molar refractivity (Wildman–Crippen MR) is 125 cm³/mol. The molecule has 3 nitrogen and oxygen atoms in total. The maximum Gasteiger partial charge on any atom is 0.193 e. The van der Waals surface area contributed by atoms with Crippen LogP contribution in [0.15, 0.2) is 115 Å². The molecule has 5 aromatic rings. The summed E-state index contributed by atoms with van der Waals surface area (Å²) in [5.41, 5.74) is 6.05. The Hall–Kier alpha value is -4.24. The summed E-state index contributed by atoms with van der Waals surface area (Å²) >= 11 is 0. The van der Waals surface area contributed by atoms with Gasteiger partial charge in [0.25, 0.3) is 0 Å². The molecule has 0 spiro atoms. The molecular formula is C28H20N2O. The van der Waals surface area contributed by atoms with Gasteiger partial charge in [-0.05, 0) is 6.07 Å². The number of hydrogen-bond donors (Lipinski definition) is 1. The van der Waals surface area contributed by atoms with E-state index in [0.717, 1.165) is 33.9 Å². The number of nitrogens with zero attached hydrogens (tertiary/aromatic N) is 1. The molecule has 1 aromatic heterocycles. The quantitative estimate of drug-likeness (QED) is 0.336. The third-order valence-corrected chi connectivity index (χ3v) is 5.25. The smallest absolute Gasteiger partial charge is 0.193 e. The van der Waals surface area contributed by atoms with Crippen molar-refractivity contribution in [3.63, 3.8) is 0 Å². The maximum atomic E-state index is 13.0. The molecule has 0 radical (unpaired) electrons. The largest absolute Gasteiger partial charge is 0.337 e. The standard InChI is InChI=1S/C28H20N2O/c31-27(21-13-6-2-7-14-21)24-18-10-17-23(19-24)26-25(20-11-4-1-5-12-20)29-28(30-26)22-15-8-3-9-16-22/h1-19H,(H,29,30). The van der Waals surface area contributed by atoms with Crippen molar-refractivity contribution in [1.82, 2.24) is 9.97 Å². The van der Waals surface area contributed by atoms with Crippen LogP contribution in [0.5, 0.6) is 0 Å². The number of nitrogens with one attached hydrogen (secondary N) is 1. The zero-order valence-electron chi connectivity index (χ0n) is 16.8. The van der Waals surface area contributed by atoms with Crippen molar-refractivity contribution in [2.75, 3.05) is 0 Å². The van der Waals surface area contributed by atoms with Crippen LogP contribution in [0.4, 0.5) is 0 Å². The van der Waals surface area contributed by atoms with E-state index in [2.05, 4.69) is 17.1 Å². The molecule has 0 fully saturated rings. The summed E-state index contributed by atoms with van der Waals surface area (Å²) in [6, 6.07) is 37.2. The highest BCUT2D eigenvalue weighted by Crippen LogP contribution is 2.33. The molecule has 0 atom stereocenters. The third-order valence-electron chi connectivity index (χ3n) is 5.25. The Bertz CT molecular complexity index is 1320. The Balaban J connectivity index is 1.63. The number of carbonyl (C=O) groups is 1. The molecule has 0 amide bonds. The predicted octanol–water partition coefficient (Wildman–Crippen LogP) is 6.64. The molecule has 1 heterocycles. The molecule has 31 heavy (non-hydrogen) atoms. The Morgan fingerprint density at radius 2 is 1.13 bits per heavy atom. The second-order valence-corrected chi connectivity index (χ2v) is 7.32. The summed E-state index contributed by atoms with van der Waals surface area (Å²) in [5, 5.41) is 0. The molecule has 1 N–H and O–H groups in total. The lowest BCUT2D eigenvalue weighted by molar-refractivity contribution is 0.103. The normalized spacial score (nSPS) is 10.7. The van der Waals surface area contributed by atoms with Crippen molar-refractivity contribution in [3.05, 3.63) is 126 Å². The van der Waals surface area contributed by atoms with Crippen LogP contribution in [-0.2, 0) is 0 Å². The van der Waals surface area contributed by atoms with Crippen molar-refractivity contribution >= 4 is 5.78 Å². The van der Waals surface area contributed by atoms with Crippen LogP contribution in [0.2, 0.25) is 0 Å². The first-order valence-electron chi connectivity index (χ1n) is 10.2. The highest BCUT2D eigenvalue weighted by molar-refractivity contribution is 6.09. The van der Waals surface area contributed by atoms with Gasteiger partial charge in [-0.25, -0.2) is 4.98 Å². The SMILES string of the molecule is O=C(c1ccccc1)c1cccc(-c2nc(-c3ccccc3)[nH]c2-c2ccccc2)c1. The van der Waals surface area contributed by atoms with E-state index in [9.17, 15) is 4.79 Å². The van der Waals surface area contributed by atoms with E-state index in [0.29, 0.717) is 11.1 Å². The van der Waals surface area contributed by atoms with Crippen LogP contribution in [-0.4, -0.2) is 15.8 Å². The number of ketones is 1. The highest BCUT2D eigenvalue weighted by Gasteiger charge is 2.17. The van der Waals surface area contributed by atoms with E-state index >= 15 is 0 Å². The van der Waals surface area contributed by atoms with Gasteiger partial charge in [-0.1, -0.05) is 109 Å². The van der Waals surface area contributed by atoms with E-state index in [1.165, 1.54) is 0 Å². The number of aromatic amines is 1. The summed E-state index contributed by atoms with van der Waals surface area (Å²) < 4.78 is 0. The topological polar surface area (TPSA) is 45.8 Å². The van der Waals surface area contributed by atoms with Crippen molar-refractivity contribution < 1.29 is 4.79 Å². The molecule has 0 unspecified atom stereocenters. The number of H-pyrrole nitrogens is 1. The average Bonchev–Trinajstić information content (AvgIpc) is 3.31. The van der Waals surface area contributed by atoms with Gasteiger partial charge in [-0.15, -0.1) is 0 Å². The van der Waals surface area contributed by atoms with Gasteiger partial charge in [0.1, 0.15) is 5.82 Å². The van der Waals surface area contributed by atoms with Gasteiger partial charge in [0.15, 0.2) is 5.78 Å². The number of carbonyl (C=O) groups excluding carboxylic acids is 1. The molecule has 0 bridgehead atoms. The molecule has 4 aromatic carbocycles. The molecule has 3 heteroatoms. The van der Waals surface area contributed by atoms with Gasteiger partial charge in [0, 0.05) is 27.8 Å². The minimum absolute atomic E-state index is 0.00234. The summed E-state index contributed by atoms with van der Waals surface area (Å²) in [6.45, 7) is 0. The molecule has 0 aliphatic rings. The van der Waals surface area contributed by atoms with Gasteiger partial charge >= 0.3 is 0 Å². The van der Waals surface area contributed by atoms with Gasteiger partial charge in [0.2, 0.25) is 0 Å². The lowest BCUT2D eigenvalue weighted by atomic mass is 9.99. The number of aromatic nitrogens is 2. The molecule has 148 valence electrons. The number of imidazole rings is 1. The summed E-state index contributed by atoms with van der Waals surface area (Å²) in [6.07, 6.45) is 0. The number of rotatable bonds is 5. The Kier molecular flexibility index (Phi) is 4.99. The van der Waals surface area contributed by atoms with Crippen molar-refractivity contribution in [3.8, 4) is 33.9 Å². The second-order valence-electron chi connectivity index (χ2n) is 7.32. The van der Waals surface area contributed by atoms with Crippen LogP contribution >= 0.6 is 0 Å². The molecule has 0 aliphatic heterocycles. The lowest BCUT2D eigenvalue weighted by Crippen LogP contribution is -2.01.